The molecule has 0 spiro atoms. The third kappa shape index (κ3) is 7.06. The Hall–Kier alpha value is -2.20. The van der Waals surface area contributed by atoms with Crippen LogP contribution in [0.3, 0.4) is 0 Å². The summed E-state index contributed by atoms with van der Waals surface area (Å²) in [7, 11) is 1.80. The van der Waals surface area contributed by atoms with E-state index in [2.05, 4.69) is 0 Å². The molecule has 1 amide bonds. The Balaban J connectivity index is 0. The summed E-state index contributed by atoms with van der Waals surface area (Å²) >= 11 is -0.715. The molecule has 8 heteroatoms. The van der Waals surface area contributed by atoms with E-state index >= 15 is 0 Å². The molecule has 0 aromatic heterocycles. The van der Waals surface area contributed by atoms with Crippen LogP contribution in [0.15, 0.2) is 54.6 Å². The van der Waals surface area contributed by atoms with Gasteiger partial charge in [-0.25, -0.2) is 0 Å². The van der Waals surface area contributed by atoms with Gasteiger partial charge >= 0.3 is 136 Å². The molecular weight excluding hydrogens is 387 g/mol. The first-order valence-electron chi connectivity index (χ1n) is 6.98. The summed E-state index contributed by atoms with van der Waals surface area (Å²) in [4.78, 5) is 24.2. The Kier molecular flexibility index (Phi) is 12.2. The van der Waals surface area contributed by atoms with Crippen LogP contribution in [0.1, 0.15) is 27.6 Å². The van der Waals surface area contributed by atoms with Gasteiger partial charge in [-0.15, -0.1) is 0 Å². The van der Waals surface area contributed by atoms with E-state index in [1.54, 1.807) is 42.1 Å². The van der Waals surface area contributed by atoms with Crippen molar-refractivity contribution in [2.24, 2.45) is 0 Å². The van der Waals surface area contributed by atoms with Gasteiger partial charge < -0.3 is 16.4 Å². The standard InChI is InChI=1S/C17H17GeNO3.3H2O/c1-3-22-17(21)14-9-7-8-13(12-14)16(20)19(2)18-15-10-5-4-6-11-15;;;/h4-12H,3H2,1-2H3;3*1H2. The molecule has 6 N–H and O–H groups in total. The summed E-state index contributed by atoms with van der Waals surface area (Å²) in [6.45, 7) is 2.07. The van der Waals surface area contributed by atoms with E-state index < -0.39 is 21.6 Å². The third-order valence-electron chi connectivity index (χ3n) is 3.00. The van der Waals surface area contributed by atoms with Crippen LogP contribution in [0.2, 0.25) is 0 Å². The van der Waals surface area contributed by atoms with Gasteiger partial charge in [0.05, 0.1) is 0 Å². The Bertz CT molecular complexity index is 665. The summed E-state index contributed by atoms with van der Waals surface area (Å²) in [6, 6.07) is 16.6. The van der Waals surface area contributed by atoms with E-state index in [0.717, 1.165) is 0 Å². The fourth-order valence-electron chi connectivity index (χ4n) is 1.94. The molecule has 0 unspecified atom stereocenters. The van der Waals surface area contributed by atoms with Crippen molar-refractivity contribution in [2.45, 2.75) is 6.92 Å². The molecule has 0 aliphatic carbocycles. The van der Waals surface area contributed by atoms with Gasteiger partial charge in [0.25, 0.3) is 0 Å². The van der Waals surface area contributed by atoms with Gasteiger partial charge in [-0.3, -0.25) is 0 Å². The van der Waals surface area contributed by atoms with Crippen molar-refractivity contribution in [2.75, 3.05) is 13.7 Å². The summed E-state index contributed by atoms with van der Waals surface area (Å²) < 4.78 is 7.89. The Labute approximate surface area is 153 Å². The molecule has 2 rings (SSSR count). The van der Waals surface area contributed by atoms with Crippen molar-refractivity contribution < 1.29 is 30.8 Å². The molecule has 0 atom stereocenters. The van der Waals surface area contributed by atoms with Gasteiger partial charge in [-0.1, -0.05) is 0 Å². The number of benzene rings is 2. The zero-order valence-corrected chi connectivity index (χ0v) is 16.2. The first-order chi connectivity index (χ1) is 10.6. The number of hydrogen-bond donors (Lipinski definition) is 0. The minimum absolute atomic E-state index is 0. The maximum absolute atomic E-state index is 12.5. The number of rotatable bonds is 5. The summed E-state index contributed by atoms with van der Waals surface area (Å²) in [5, 5.41) is 0. The Morgan fingerprint density at radius 3 is 2.16 bits per heavy atom. The number of nitrogens with zero attached hydrogens (tertiary/aromatic N) is 1. The number of carbonyl (C=O) groups excluding carboxylic acids is 2. The van der Waals surface area contributed by atoms with Crippen molar-refractivity contribution in [1.29, 1.82) is 0 Å². The number of carbonyl (C=O) groups is 2. The Morgan fingerprint density at radius 2 is 1.56 bits per heavy atom. The number of ether oxygens (including phenoxy) is 1. The molecule has 136 valence electrons. The third-order valence-corrected chi connectivity index (χ3v) is 5.37. The maximum Gasteiger partial charge on any atom is -0.412 e. The molecule has 2 radical (unpaired) electrons. The molecule has 0 aliphatic heterocycles. The zero-order chi connectivity index (χ0) is 15.9. The van der Waals surface area contributed by atoms with Crippen LogP contribution in [0.4, 0.5) is 0 Å². The molecule has 2 aromatic rings. The van der Waals surface area contributed by atoms with Gasteiger partial charge in [-0.2, -0.15) is 0 Å². The van der Waals surface area contributed by atoms with Gasteiger partial charge in [0.2, 0.25) is 0 Å². The predicted octanol–water partition coefficient (Wildman–Crippen LogP) is -0.594. The minimum atomic E-state index is -0.715. The Morgan fingerprint density at radius 1 is 0.960 bits per heavy atom. The molecule has 0 fully saturated rings. The van der Waals surface area contributed by atoms with Crippen molar-refractivity contribution in [3.8, 4) is 0 Å². The predicted molar refractivity (Wildman–Crippen MR) is 97.2 cm³/mol. The molecule has 0 heterocycles. The number of hydrogen-bond acceptors (Lipinski definition) is 3. The average molecular weight is 410 g/mol. The van der Waals surface area contributed by atoms with E-state index in [1.807, 2.05) is 30.3 Å². The van der Waals surface area contributed by atoms with E-state index in [-0.39, 0.29) is 22.3 Å². The van der Waals surface area contributed by atoms with Crippen LogP contribution >= 0.6 is 0 Å². The molecule has 0 saturated carbocycles. The van der Waals surface area contributed by atoms with Crippen LogP contribution in [-0.2, 0) is 4.74 Å². The SMILES string of the molecule is CCOC(=O)c1cccc(C(=O)[N](C)[Ge][c]2ccccc2)c1.O.O.O. The van der Waals surface area contributed by atoms with E-state index in [4.69, 9.17) is 4.74 Å². The van der Waals surface area contributed by atoms with Crippen LogP contribution in [0.5, 0.6) is 0 Å². The van der Waals surface area contributed by atoms with Crippen molar-refractivity contribution in [3.63, 3.8) is 0 Å². The molecule has 25 heavy (non-hydrogen) atoms. The topological polar surface area (TPSA) is 141 Å². The van der Waals surface area contributed by atoms with Gasteiger partial charge in [0.1, 0.15) is 0 Å². The zero-order valence-electron chi connectivity index (χ0n) is 14.1. The molecule has 0 saturated heterocycles. The van der Waals surface area contributed by atoms with Crippen LogP contribution < -0.4 is 4.40 Å². The van der Waals surface area contributed by atoms with Crippen molar-refractivity contribution >= 4 is 31.9 Å². The smallest absolute Gasteiger partial charge is 0.412 e. The first kappa shape index (κ1) is 25.0. The average Bonchev–Trinajstić information content (AvgIpc) is 2.55. The second kappa shape index (κ2) is 12.2. The van der Waals surface area contributed by atoms with Gasteiger partial charge in [-0.05, 0) is 0 Å². The van der Waals surface area contributed by atoms with Gasteiger partial charge in [0, 0.05) is 0 Å². The molecule has 0 bridgehead atoms. The first-order valence-corrected chi connectivity index (χ1v) is 8.97. The molecule has 7 nitrogen and oxygen atoms in total. The largest absolute Gasteiger partial charge is 0.412 e. The summed E-state index contributed by atoms with van der Waals surface area (Å²) in [5.74, 6) is -0.478. The van der Waals surface area contributed by atoms with E-state index in [1.165, 1.54) is 4.40 Å². The quantitative estimate of drug-likeness (QED) is 0.480. The summed E-state index contributed by atoms with van der Waals surface area (Å²) in [6.07, 6.45) is 0. The fourth-order valence-corrected chi connectivity index (χ4v) is 3.96. The van der Waals surface area contributed by atoms with Crippen molar-refractivity contribution in [3.05, 3.63) is 65.7 Å². The van der Waals surface area contributed by atoms with E-state index in [9.17, 15) is 9.59 Å². The maximum atomic E-state index is 12.5. The minimum Gasteiger partial charge on any atom is -0.412 e. The summed E-state index contributed by atoms with van der Waals surface area (Å²) in [5.41, 5.74) is 0.911. The molecule has 0 aliphatic rings. The van der Waals surface area contributed by atoms with Crippen molar-refractivity contribution in [1.82, 2.24) is 3.86 Å². The normalized spacial score (nSPS) is 8.88. The van der Waals surface area contributed by atoms with Crippen LogP contribution in [0, 0.1) is 0 Å². The monoisotopic (exact) mass is 411 g/mol. The van der Waals surface area contributed by atoms with E-state index in [0.29, 0.717) is 17.7 Å². The molecule has 2 aromatic carbocycles. The molecular formula is C17H23GeNO6. The second-order valence-electron chi connectivity index (χ2n) is 4.64. The van der Waals surface area contributed by atoms with Crippen LogP contribution in [-0.4, -0.2) is 61.5 Å². The fraction of sp³-hybridized carbons (Fsp3) is 0.176. The number of amides is 1. The van der Waals surface area contributed by atoms with Crippen LogP contribution in [0.25, 0.3) is 0 Å². The van der Waals surface area contributed by atoms with Gasteiger partial charge in [0.15, 0.2) is 0 Å². The number of esters is 1. The second-order valence-corrected chi connectivity index (χ2v) is 7.73.